The third kappa shape index (κ3) is 5.38. The molecule has 1 aliphatic rings. The summed E-state index contributed by atoms with van der Waals surface area (Å²) in [6.45, 7) is 0.304. The van der Waals surface area contributed by atoms with Gasteiger partial charge in [-0.25, -0.2) is 4.39 Å². The molecule has 2 aromatic rings. The van der Waals surface area contributed by atoms with Crippen molar-refractivity contribution in [3.05, 3.63) is 74.1 Å². The van der Waals surface area contributed by atoms with E-state index in [2.05, 4.69) is 5.32 Å². The fraction of sp³-hybridized carbons (Fsp3) is 0.286. The first kappa shape index (κ1) is 22.7. The Kier molecular flexibility index (Phi) is 7.21. The number of nitro benzene ring substituents is 1. The SMILES string of the molecule is CN(C)C(CNC(=O)/C=C/c1cc([N+](=O)[O-])cc2c1OCOC2)c1c(F)cccc1Cl. The lowest BCUT2D eigenvalue weighted by Crippen LogP contribution is -2.34. The number of likely N-dealkylation sites (N-methyl/N-ethyl adjacent to an activating group) is 1. The Morgan fingerprint density at radius 3 is 2.87 bits per heavy atom. The van der Waals surface area contributed by atoms with E-state index in [9.17, 15) is 19.3 Å². The molecule has 0 saturated carbocycles. The highest BCUT2D eigenvalue weighted by molar-refractivity contribution is 6.31. The molecule has 0 spiro atoms. The van der Waals surface area contributed by atoms with Crippen molar-refractivity contribution < 1.29 is 23.6 Å². The summed E-state index contributed by atoms with van der Waals surface area (Å²) in [4.78, 5) is 24.8. The molecule has 1 atom stereocenters. The quantitative estimate of drug-likeness (QED) is 0.393. The fourth-order valence-electron chi connectivity index (χ4n) is 3.25. The van der Waals surface area contributed by atoms with E-state index >= 15 is 0 Å². The number of nitrogens with one attached hydrogen (secondary N) is 1. The van der Waals surface area contributed by atoms with Crippen molar-refractivity contribution in [2.75, 3.05) is 27.4 Å². The van der Waals surface area contributed by atoms with Gasteiger partial charge in [0.15, 0.2) is 6.79 Å². The van der Waals surface area contributed by atoms with Crippen molar-refractivity contribution in [2.24, 2.45) is 0 Å². The van der Waals surface area contributed by atoms with E-state index in [4.69, 9.17) is 21.1 Å². The van der Waals surface area contributed by atoms with Crippen LogP contribution in [0.4, 0.5) is 10.1 Å². The second-order valence-corrected chi connectivity index (χ2v) is 7.49. The van der Waals surface area contributed by atoms with E-state index in [0.717, 1.165) is 0 Å². The van der Waals surface area contributed by atoms with E-state index in [0.29, 0.717) is 22.4 Å². The van der Waals surface area contributed by atoms with E-state index in [1.807, 2.05) is 0 Å². The first-order chi connectivity index (χ1) is 14.8. The number of fused-ring (bicyclic) bond motifs is 1. The maximum Gasteiger partial charge on any atom is 0.270 e. The van der Waals surface area contributed by atoms with Gasteiger partial charge in [-0.15, -0.1) is 0 Å². The molecule has 0 radical (unpaired) electrons. The van der Waals surface area contributed by atoms with Gasteiger partial charge in [0.1, 0.15) is 11.6 Å². The number of rotatable bonds is 7. The molecule has 0 bridgehead atoms. The molecule has 164 valence electrons. The van der Waals surface area contributed by atoms with Gasteiger partial charge < -0.3 is 19.7 Å². The maximum atomic E-state index is 14.3. The lowest BCUT2D eigenvalue weighted by atomic mass is 10.0. The Morgan fingerprint density at radius 1 is 1.42 bits per heavy atom. The van der Waals surface area contributed by atoms with Crippen LogP contribution in [0.3, 0.4) is 0 Å². The molecule has 1 aliphatic heterocycles. The summed E-state index contributed by atoms with van der Waals surface area (Å²) < 4.78 is 24.9. The zero-order valence-corrected chi connectivity index (χ0v) is 17.7. The summed E-state index contributed by atoms with van der Waals surface area (Å²) in [5, 5.41) is 14.2. The normalized spacial score (nSPS) is 14.2. The summed E-state index contributed by atoms with van der Waals surface area (Å²) in [5.41, 5.74) is 1.08. The van der Waals surface area contributed by atoms with E-state index < -0.39 is 22.7 Å². The van der Waals surface area contributed by atoms with E-state index in [-0.39, 0.29) is 30.7 Å². The average molecular weight is 450 g/mol. The van der Waals surface area contributed by atoms with Crippen molar-refractivity contribution in [1.82, 2.24) is 10.2 Å². The Bertz CT molecular complexity index is 1010. The van der Waals surface area contributed by atoms with Crippen LogP contribution in [0.25, 0.3) is 6.08 Å². The first-order valence-corrected chi connectivity index (χ1v) is 9.74. The molecular weight excluding hydrogens is 429 g/mol. The number of non-ortho nitro benzene ring substituents is 1. The van der Waals surface area contributed by atoms with Crippen LogP contribution in [0, 0.1) is 15.9 Å². The minimum Gasteiger partial charge on any atom is -0.467 e. The second kappa shape index (κ2) is 9.86. The number of amides is 1. The van der Waals surface area contributed by atoms with Crippen LogP contribution in [0.15, 0.2) is 36.4 Å². The van der Waals surface area contributed by atoms with E-state index in [1.165, 1.54) is 36.4 Å². The van der Waals surface area contributed by atoms with E-state index in [1.54, 1.807) is 25.1 Å². The Balaban J connectivity index is 1.76. The number of carbonyl (C=O) groups excluding carboxylic acids is 1. The highest BCUT2D eigenvalue weighted by Gasteiger charge is 2.22. The molecule has 8 nitrogen and oxygen atoms in total. The van der Waals surface area contributed by atoms with Gasteiger partial charge in [-0.05, 0) is 32.3 Å². The molecule has 0 saturated heterocycles. The number of nitrogens with zero attached hydrogens (tertiary/aromatic N) is 2. The molecule has 0 aliphatic carbocycles. The zero-order valence-electron chi connectivity index (χ0n) is 16.9. The molecule has 0 aromatic heterocycles. The van der Waals surface area contributed by atoms with Crippen LogP contribution in [-0.4, -0.2) is 43.2 Å². The second-order valence-electron chi connectivity index (χ2n) is 7.08. The molecule has 0 fully saturated rings. The molecule has 1 heterocycles. The van der Waals surface area contributed by atoms with Gasteiger partial charge in [-0.2, -0.15) is 0 Å². The molecule has 1 N–H and O–H groups in total. The predicted octanol–water partition coefficient (Wildman–Crippen LogP) is 3.69. The Morgan fingerprint density at radius 2 is 2.19 bits per heavy atom. The third-order valence-electron chi connectivity index (χ3n) is 4.77. The van der Waals surface area contributed by atoms with Crippen LogP contribution < -0.4 is 10.1 Å². The first-order valence-electron chi connectivity index (χ1n) is 9.36. The van der Waals surface area contributed by atoms with Gasteiger partial charge in [0, 0.05) is 46.5 Å². The molecule has 10 heteroatoms. The standard InChI is InChI=1S/C21H21ClFN3O5/c1-25(2)18(20-16(22)4-3-5-17(20)23)10-24-19(27)7-6-13-8-15(26(28)29)9-14-11-30-12-31-21(13)14/h3-9,18H,10-12H2,1-2H3,(H,24,27)/b7-6+. The minimum absolute atomic E-state index is 0.0196. The lowest BCUT2D eigenvalue weighted by Gasteiger charge is -2.26. The van der Waals surface area contributed by atoms with Gasteiger partial charge in [0.2, 0.25) is 5.91 Å². The van der Waals surface area contributed by atoms with Crippen LogP contribution in [0.1, 0.15) is 22.7 Å². The molecule has 1 unspecified atom stereocenters. The van der Waals surface area contributed by atoms with Gasteiger partial charge >= 0.3 is 0 Å². The van der Waals surface area contributed by atoms with Crippen LogP contribution >= 0.6 is 11.6 Å². The summed E-state index contributed by atoms with van der Waals surface area (Å²) in [6.07, 6.45) is 2.68. The Labute approximate surface area is 183 Å². The molecule has 2 aromatic carbocycles. The van der Waals surface area contributed by atoms with Gasteiger partial charge in [-0.3, -0.25) is 14.9 Å². The minimum atomic E-state index is -0.522. The van der Waals surface area contributed by atoms with Crippen LogP contribution in [0.2, 0.25) is 5.02 Å². The van der Waals surface area contributed by atoms with Crippen molar-refractivity contribution in [1.29, 1.82) is 0 Å². The van der Waals surface area contributed by atoms with Crippen molar-refractivity contribution >= 4 is 29.3 Å². The largest absolute Gasteiger partial charge is 0.467 e. The number of nitro groups is 1. The monoisotopic (exact) mass is 449 g/mol. The third-order valence-corrected chi connectivity index (χ3v) is 5.10. The molecule has 1 amide bonds. The number of benzene rings is 2. The maximum absolute atomic E-state index is 14.3. The smallest absolute Gasteiger partial charge is 0.270 e. The van der Waals surface area contributed by atoms with Crippen molar-refractivity contribution in [2.45, 2.75) is 12.6 Å². The summed E-state index contributed by atoms with van der Waals surface area (Å²) >= 11 is 6.16. The molecule has 3 rings (SSSR count). The summed E-state index contributed by atoms with van der Waals surface area (Å²) in [6, 6.07) is 6.64. The number of carbonyl (C=O) groups is 1. The van der Waals surface area contributed by atoms with Gasteiger partial charge in [0.05, 0.1) is 17.6 Å². The molecular formula is C21H21ClFN3O5. The van der Waals surface area contributed by atoms with Gasteiger partial charge in [0.25, 0.3) is 5.69 Å². The summed E-state index contributed by atoms with van der Waals surface area (Å²) in [5.74, 6) is -0.476. The average Bonchev–Trinajstić information content (AvgIpc) is 2.73. The number of ether oxygens (including phenoxy) is 2. The highest BCUT2D eigenvalue weighted by Crippen LogP contribution is 2.33. The Hall–Kier alpha value is -3.01. The fourth-order valence-corrected chi connectivity index (χ4v) is 3.54. The van der Waals surface area contributed by atoms with Crippen LogP contribution in [-0.2, 0) is 16.1 Å². The number of hydrogen-bond acceptors (Lipinski definition) is 6. The van der Waals surface area contributed by atoms with Gasteiger partial charge in [-0.1, -0.05) is 17.7 Å². The zero-order chi connectivity index (χ0) is 22.5. The van der Waals surface area contributed by atoms with Crippen molar-refractivity contribution in [3.8, 4) is 5.75 Å². The molecule has 31 heavy (non-hydrogen) atoms. The number of halogens is 2. The highest BCUT2D eigenvalue weighted by atomic mass is 35.5. The topological polar surface area (TPSA) is 93.9 Å². The van der Waals surface area contributed by atoms with Crippen molar-refractivity contribution in [3.63, 3.8) is 0 Å². The lowest BCUT2D eigenvalue weighted by molar-refractivity contribution is -0.385. The summed E-state index contributed by atoms with van der Waals surface area (Å²) in [7, 11) is 3.51. The predicted molar refractivity (Wildman–Crippen MR) is 113 cm³/mol. The number of hydrogen-bond donors (Lipinski definition) is 1. The van der Waals surface area contributed by atoms with Crippen LogP contribution in [0.5, 0.6) is 5.75 Å².